The predicted octanol–water partition coefficient (Wildman–Crippen LogP) is 3.26. The number of nitrogens with one attached hydrogen (secondary N) is 2. The van der Waals surface area contributed by atoms with Crippen molar-refractivity contribution in [3.63, 3.8) is 0 Å². The molecule has 3 aromatic rings. The molecule has 2 unspecified atom stereocenters. The number of halogens is 1. The molecular weight excluding hydrogens is 351 g/mol. The average Bonchev–Trinajstić information content (AvgIpc) is 3.19. The summed E-state index contributed by atoms with van der Waals surface area (Å²) >= 11 is 1.42. The summed E-state index contributed by atoms with van der Waals surface area (Å²) in [7, 11) is 0. The van der Waals surface area contributed by atoms with Crippen molar-refractivity contribution in [3.8, 4) is 5.69 Å². The molecule has 2 aromatic heterocycles. The van der Waals surface area contributed by atoms with E-state index in [1.54, 1.807) is 16.8 Å². The second-order valence-corrected chi connectivity index (χ2v) is 7.88. The standard InChI is InChI=1S/C19H21FN4OS/c1-11-7-8-21-10-16(11)22-18(25)17-9-15-12(2)23-24(19(15)26-17)14-5-3-13(20)4-6-14/h3-6,9,11,16,21H,7-8,10H2,1-2H3,(H,22,25). The Morgan fingerprint density at radius 2 is 2.15 bits per heavy atom. The third-order valence-corrected chi connectivity index (χ3v) is 6.09. The molecular formula is C19H21FN4OS. The minimum Gasteiger partial charge on any atom is -0.347 e. The summed E-state index contributed by atoms with van der Waals surface area (Å²) in [5.41, 5.74) is 1.63. The molecule has 0 radical (unpaired) electrons. The molecule has 0 saturated carbocycles. The summed E-state index contributed by atoms with van der Waals surface area (Å²) in [6.45, 7) is 5.90. The van der Waals surface area contributed by atoms with Gasteiger partial charge in [-0.15, -0.1) is 11.3 Å². The van der Waals surface area contributed by atoms with Crippen LogP contribution in [0.5, 0.6) is 0 Å². The Hall–Kier alpha value is -2.25. The summed E-state index contributed by atoms with van der Waals surface area (Å²) in [6.07, 6.45) is 1.07. The molecule has 3 heterocycles. The van der Waals surface area contributed by atoms with E-state index in [1.807, 2.05) is 13.0 Å². The third-order valence-electron chi connectivity index (χ3n) is 4.98. The molecule has 26 heavy (non-hydrogen) atoms. The zero-order chi connectivity index (χ0) is 18.3. The van der Waals surface area contributed by atoms with Crippen molar-refractivity contribution in [3.05, 3.63) is 46.7 Å². The molecule has 7 heteroatoms. The summed E-state index contributed by atoms with van der Waals surface area (Å²) in [4.78, 5) is 14.3. The number of piperidine rings is 1. The monoisotopic (exact) mass is 372 g/mol. The van der Waals surface area contributed by atoms with Crippen LogP contribution in [0.1, 0.15) is 28.7 Å². The number of benzene rings is 1. The summed E-state index contributed by atoms with van der Waals surface area (Å²) in [5.74, 6) is 0.137. The van der Waals surface area contributed by atoms with Gasteiger partial charge in [-0.3, -0.25) is 4.79 Å². The Labute approximate surface area is 155 Å². The Kier molecular flexibility index (Phi) is 4.50. The van der Waals surface area contributed by atoms with Gasteiger partial charge in [-0.05, 0) is 56.1 Å². The van der Waals surface area contributed by atoms with E-state index in [0.717, 1.165) is 41.1 Å². The van der Waals surface area contributed by atoms with Crippen molar-refractivity contribution in [1.29, 1.82) is 0 Å². The minimum atomic E-state index is -0.282. The maximum absolute atomic E-state index is 13.2. The lowest BCUT2D eigenvalue weighted by atomic mass is 9.95. The molecule has 4 rings (SSSR count). The van der Waals surface area contributed by atoms with E-state index in [-0.39, 0.29) is 17.8 Å². The fraction of sp³-hybridized carbons (Fsp3) is 0.368. The van der Waals surface area contributed by atoms with Crippen molar-refractivity contribution in [2.45, 2.75) is 26.3 Å². The van der Waals surface area contributed by atoms with Crippen LogP contribution in [0, 0.1) is 18.7 Å². The first-order chi connectivity index (χ1) is 12.5. The van der Waals surface area contributed by atoms with E-state index in [4.69, 9.17) is 0 Å². The van der Waals surface area contributed by atoms with E-state index in [0.29, 0.717) is 10.8 Å². The quantitative estimate of drug-likeness (QED) is 0.742. The number of aromatic nitrogens is 2. The first-order valence-electron chi connectivity index (χ1n) is 8.79. The van der Waals surface area contributed by atoms with Crippen LogP contribution in [-0.2, 0) is 0 Å². The van der Waals surface area contributed by atoms with Gasteiger partial charge in [-0.2, -0.15) is 5.10 Å². The highest BCUT2D eigenvalue weighted by Crippen LogP contribution is 2.30. The number of hydrogen-bond acceptors (Lipinski definition) is 4. The number of carbonyl (C=O) groups is 1. The van der Waals surface area contributed by atoms with Gasteiger partial charge in [-0.25, -0.2) is 9.07 Å². The number of fused-ring (bicyclic) bond motifs is 1. The Bertz CT molecular complexity index is 947. The van der Waals surface area contributed by atoms with Gasteiger partial charge in [-0.1, -0.05) is 6.92 Å². The number of aryl methyl sites for hydroxylation is 1. The fourth-order valence-electron chi connectivity index (χ4n) is 3.34. The molecule has 5 nitrogen and oxygen atoms in total. The Balaban J connectivity index is 1.64. The van der Waals surface area contributed by atoms with Crippen molar-refractivity contribution in [2.24, 2.45) is 5.92 Å². The lowest BCUT2D eigenvalue weighted by molar-refractivity contribution is 0.0919. The van der Waals surface area contributed by atoms with Crippen molar-refractivity contribution < 1.29 is 9.18 Å². The second-order valence-electron chi connectivity index (χ2n) is 6.85. The first kappa shape index (κ1) is 17.2. The van der Waals surface area contributed by atoms with Crippen molar-refractivity contribution in [1.82, 2.24) is 20.4 Å². The molecule has 1 fully saturated rings. The lowest BCUT2D eigenvalue weighted by Gasteiger charge is -2.30. The predicted molar refractivity (Wildman–Crippen MR) is 102 cm³/mol. The van der Waals surface area contributed by atoms with E-state index >= 15 is 0 Å². The minimum absolute atomic E-state index is 0.0446. The van der Waals surface area contributed by atoms with Gasteiger partial charge in [0.05, 0.1) is 16.3 Å². The van der Waals surface area contributed by atoms with Crippen LogP contribution in [0.4, 0.5) is 4.39 Å². The fourth-order valence-corrected chi connectivity index (χ4v) is 4.42. The molecule has 1 aromatic carbocycles. The van der Waals surface area contributed by atoms with Crippen LogP contribution in [0.2, 0.25) is 0 Å². The Morgan fingerprint density at radius 1 is 1.38 bits per heavy atom. The SMILES string of the molecule is Cc1nn(-c2ccc(F)cc2)c2sc(C(=O)NC3CNCCC3C)cc12. The molecule has 1 aliphatic heterocycles. The van der Waals surface area contributed by atoms with Gasteiger partial charge < -0.3 is 10.6 Å². The number of thiophene rings is 1. The number of hydrogen-bond donors (Lipinski definition) is 2. The molecule has 136 valence electrons. The lowest BCUT2D eigenvalue weighted by Crippen LogP contribution is -2.50. The molecule has 1 aliphatic rings. The number of nitrogens with zero attached hydrogens (tertiary/aromatic N) is 2. The van der Waals surface area contributed by atoms with Crippen LogP contribution < -0.4 is 10.6 Å². The van der Waals surface area contributed by atoms with Crippen LogP contribution in [-0.4, -0.2) is 34.8 Å². The van der Waals surface area contributed by atoms with Crippen LogP contribution in [0.25, 0.3) is 15.9 Å². The van der Waals surface area contributed by atoms with E-state index < -0.39 is 0 Å². The van der Waals surface area contributed by atoms with Gasteiger partial charge in [0.2, 0.25) is 0 Å². The van der Waals surface area contributed by atoms with E-state index in [9.17, 15) is 9.18 Å². The highest BCUT2D eigenvalue weighted by atomic mass is 32.1. The molecule has 0 aliphatic carbocycles. The molecule has 0 bridgehead atoms. The number of rotatable bonds is 3. The second kappa shape index (κ2) is 6.81. The zero-order valence-corrected chi connectivity index (χ0v) is 15.6. The van der Waals surface area contributed by atoms with Crippen LogP contribution in [0.15, 0.2) is 30.3 Å². The van der Waals surface area contributed by atoms with E-state index in [2.05, 4.69) is 22.7 Å². The highest BCUT2D eigenvalue weighted by Gasteiger charge is 2.24. The smallest absolute Gasteiger partial charge is 0.261 e. The maximum atomic E-state index is 13.2. The maximum Gasteiger partial charge on any atom is 0.261 e. The topological polar surface area (TPSA) is 59.0 Å². The third kappa shape index (κ3) is 3.12. The zero-order valence-electron chi connectivity index (χ0n) is 14.8. The normalized spacial score (nSPS) is 20.4. The molecule has 2 N–H and O–H groups in total. The summed E-state index contributed by atoms with van der Waals surface area (Å²) in [5, 5.41) is 12.0. The van der Waals surface area contributed by atoms with Gasteiger partial charge in [0.15, 0.2) is 0 Å². The number of amides is 1. The molecule has 1 amide bonds. The summed E-state index contributed by atoms with van der Waals surface area (Å²) in [6, 6.07) is 8.26. The van der Waals surface area contributed by atoms with Gasteiger partial charge in [0, 0.05) is 18.0 Å². The summed E-state index contributed by atoms with van der Waals surface area (Å²) < 4.78 is 15.0. The first-order valence-corrected chi connectivity index (χ1v) is 9.61. The van der Waals surface area contributed by atoms with Crippen molar-refractivity contribution in [2.75, 3.05) is 13.1 Å². The Morgan fingerprint density at radius 3 is 2.88 bits per heavy atom. The number of carbonyl (C=O) groups excluding carboxylic acids is 1. The average molecular weight is 372 g/mol. The van der Waals surface area contributed by atoms with Gasteiger partial charge >= 0.3 is 0 Å². The van der Waals surface area contributed by atoms with Crippen LogP contribution in [0.3, 0.4) is 0 Å². The highest BCUT2D eigenvalue weighted by molar-refractivity contribution is 7.20. The largest absolute Gasteiger partial charge is 0.347 e. The molecule has 0 spiro atoms. The van der Waals surface area contributed by atoms with Crippen molar-refractivity contribution >= 4 is 27.5 Å². The molecule has 1 saturated heterocycles. The van der Waals surface area contributed by atoms with E-state index in [1.165, 1.54) is 23.5 Å². The van der Waals surface area contributed by atoms with Gasteiger partial charge in [0.25, 0.3) is 5.91 Å². The van der Waals surface area contributed by atoms with Gasteiger partial charge in [0.1, 0.15) is 10.6 Å². The molecule has 2 atom stereocenters. The van der Waals surface area contributed by atoms with Crippen LogP contribution >= 0.6 is 11.3 Å².